The molecule has 0 unspecified atom stereocenters. The standard InChI is InChI=1S/C12H18N2O3S2/c1-17-8-10-2-4-14(5-3-10)19(15,16)12-6-11(7-13)9-18-12/h2,6,9H,3-5,7-8,13H2,1H3. The normalized spacial score (nSPS) is 17.5. The monoisotopic (exact) mass is 302 g/mol. The first-order chi connectivity index (χ1) is 9.07. The van der Waals surface area contributed by atoms with Gasteiger partial charge in [-0.2, -0.15) is 4.31 Å². The summed E-state index contributed by atoms with van der Waals surface area (Å²) >= 11 is 1.23. The second-order valence-corrected chi connectivity index (χ2v) is 7.46. The molecule has 5 nitrogen and oxygen atoms in total. The van der Waals surface area contributed by atoms with E-state index in [-0.39, 0.29) is 0 Å². The first-order valence-electron chi connectivity index (χ1n) is 6.02. The topological polar surface area (TPSA) is 72.6 Å². The van der Waals surface area contributed by atoms with Crippen LogP contribution in [0.1, 0.15) is 12.0 Å². The lowest BCUT2D eigenvalue weighted by Gasteiger charge is -2.24. The zero-order valence-electron chi connectivity index (χ0n) is 10.8. The summed E-state index contributed by atoms with van der Waals surface area (Å²) in [6.07, 6.45) is 2.66. The number of nitrogens with two attached hydrogens (primary N) is 1. The Balaban J connectivity index is 2.13. The first kappa shape index (κ1) is 14.7. The summed E-state index contributed by atoms with van der Waals surface area (Å²) in [5.74, 6) is 0. The largest absolute Gasteiger partial charge is 0.380 e. The number of hydrogen-bond acceptors (Lipinski definition) is 5. The minimum atomic E-state index is -3.38. The van der Waals surface area contributed by atoms with E-state index in [0.29, 0.717) is 30.5 Å². The maximum Gasteiger partial charge on any atom is 0.252 e. The van der Waals surface area contributed by atoms with Crippen LogP contribution >= 0.6 is 11.3 Å². The van der Waals surface area contributed by atoms with Crippen LogP contribution in [0.25, 0.3) is 0 Å². The summed E-state index contributed by atoms with van der Waals surface area (Å²) < 4.78 is 31.8. The molecule has 2 rings (SSSR count). The van der Waals surface area contributed by atoms with Gasteiger partial charge in [0.2, 0.25) is 0 Å². The van der Waals surface area contributed by atoms with Gasteiger partial charge in [-0.05, 0) is 29.0 Å². The number of nitrogens with zero attached hydrogens (tertiary/aromatic N) is 1. The smallest absolute Gasteiger partial charge is 0.252 e. The molecule has 0 aliphatic carbocycles. The van der Waals surface area contributed by atoms with Crippen molar-refractivity contribution in [2.45, 2.75) is 17.2 Å². The third-order valence-electron chi connectivity index (χ3n) is 3.06. The van der Waals surface area contributed by atoms with E-state index in [2.05, 4.69) is 0 Å². The van der Waals surface area contributed by atoms with Gasteiger partial charge in [0.15, 0.2) is 0 Å². The molecular formula is C12H18N2O3S2. The molecule has 0 saturated heterocycles. The van der Waals surface area contributed by atoms with Crippen molar-refractivity contribution in [1.82, 2.24) is 4.31 Å². The van der Waals surface area contributed by atoms with Gasteiger partial charge in [0.25, 0.3) is 10.0 Å². The van der Waals surface area contributed by atoms with Gasteiger partial charge < -0.3 is 10.5 Å². The van der Waals surface area contributed by atoms with Crippen molar-refractivity contribution in [2.24, 2.45) is 5.73 Å². The summed E-state index contributed by atoms with van der Waals surface area (Å²) in [4.78, 5) is 0. The molecule has 1 aliphatic heterocycles. The molecule has 106 valence electrons. The zero-order chi connectivity index (χ0) is 13.9. The van der Waals surface area contributed by atoms with E-state index < -0.39 is 10.0 Å². The van der Waals surface area contributed by atoms with Gasteiger partial charge in [0.05, 0.1) is 6.61 Å². The molecule has 0 aromatic carbocycles. The molecule has 0 fully saturated rings. The van der Waals surface area contributed by atoms with E-state index in [1.54, 1.807) is 18.6 Å². The lowest BCUT2D eigenvalue weighted by atomic mass is 10.1. The molecule has 1 aromatic rings. The van der Waals surface area contributed by atoms with Crippen molar-refractivity contribution in [2.75, 3.05) is 26.8 Å². The zero-order valence-corrected chi connectivity index (χ0v) is 12.5. The van der Waals surface area contributed by atoms with E-state index in [1.165, 1.54) is 15.6 Å². The predicted octanol–water partition coefficient (Wildman–Crippen LogP) is 1.17. The fourth-order valence-corrected chi connectivity index (χ4v) is 4.71. The van der Waals surface area contributed by atoms with Crippen LogP contribution in [0.3, 0.4) is 0 Å². The number of sulfonamides is 1. The maximum atomic E-state index is 12.4. The average molecular weight is 302 g/mol. The van der Waals surface area contributed by atoms with E-state index >= 15 is 0 Å². The molecule has 0 atom stereocenters. The summed E-state index contributed by atoms with van der Waals surface area (Å²) in [5, 5.41) is 1.79. The fraction of sp³-hybridized carbons (Fsp3) is 0.500. The van der Waals surface area contributed by atoms with E-state index in [4.69, 9.17) is 10.5 Å². The minimum absolute atomic E-state index is 0.365. The van der Waals surface area contributed by atoms with Crippen molar-refractivity contribution >= 4 is 21.4 Å². The van der Waals surface area contributed by atoms with Gasteiger partial charge in [-0.3, -0.25) is 0 Å². The molecule has 0 bridgehead atoms. The lowest BCUT2D eigenvalue weighted by molar-refractivity contribution is 0.219. The van der Waals surface area contributed by atoms with Crippen molar-refractivity contribution in [3.05, 3.63) is 28.7 Å². The fourth-order valence-electron chi connectivity index (χ4n) is 1.95. The van der Waals surface area contributed by atoms with Crippen LogP contribution in [-0.2, 0) is 21.3 Å². The Labute approximate surface area is 117 Å². The molecule has 2 N–H and O–H groups in total. The number of ether oxygens (including phenoxy) is 1. The van der Waals surface area contributed by atoms with Crippen LogP contribution < -0.4 is 5.73 Å². The quantitative estimate of drug-likeness (QED) is 0.829. The van der Waals surface area contributed by atoms with Crippen LogP contribution in [0, 0.1) is 0 Å². The second kappa shape index (κ2) is 6.15. The van der Waals surface area contributed by atoms with Crippen molar-refractivity contribution in [3.63, 3.8) is 0 Å². The Morgan fingerprint density at radius 3 is 2.84 bits per heavy atom. The van der Waals surface area contributed by atoms with Crippen molar-refractivity contribution in [3.8, 4) is 0 Å². The Bertz CT molecular complexity index is 563. The van der Waals surface area contributed by atoms with E-state index in [1.807, 2.05) is 6.08 Å². The van der Waals surface area contributed by atoms with Gasteiger partial charge in [0.1, 0.15) is 4.21 Å². The molecule has 1 aromatic heterocycles. The van der Waals surface area contributed by atoms with Gasteiger partial charge in [-0.1, -0.05) is 6.08 Å². The Kier molecular flexibility index (Phi) is 4.75. The van der Waals surface area contributed by atoms with Crippen LogP contribution in [-0.4, -0.2) is 39.5 Å². The minimum Gasteiger partial charge on any atom is -0.380 e. The Morgan fingerprint density at radius 1 is 1.53 bits per heavy atom. The highest BCUT2D eigenvalue weighted by Gasteiger charge is 2.27. The summed E-state index contributed by atoms with van der Waals surface area (Å²) in [7, 11) is -1.74. The second-order valence-electron chi connectivity index (χ2n) is 4.39. The molecule has 2 heterocycles. The van der Waals surface area contributed by atoms with Gasteiger partial charge >= 0.3 is 0 Å². The highest BCUT2D eigenvalue weighted by atomic mass is 32.2. The van der Waals surface area contributed by atoms with Crippen LogP contribution in [0.4, 0.5) is 0 Å². The van der Waals surface area contributed by atoms with Crippen molar-refractivity contribution < 1.29 is 13.2 Å². The number of hydrogen-bond donors (Lipinski definition) is 1. The molecule has 7 heteroatoms. The Morgan fingerprint density at radius 2 is 2.32 bits per heavy atom. The summed E-state index contributed by atoms with van der Waals surface area (Å²) in [5.41, 5.74) is 7.52. The number of methoxy groups -OCH3 is 1. The maximum absolute atomic E-state index is 12.4. The summed E-state index contributed by atoms with van der Waals surface area (Å²) in [6.45, 7) is 1.86. The van der Waals surface area contributed by atoms with Gasteiger partial charge in [0, 0.05) is 26.7 Å². The third kappa shape index (κ3) is 3.24. The highest BCUT2D eigenvalue weighted by Crippen LogP contribution is 2.26. The molecule has 0 amide bonds. The molecule has 1 aliphatic rings. The third-order valence-corrected chi connectivity index (χ3v) is 6.38. The lowest BCUT2D eigenvalue weighted by Crippen LogP contribution is -2.34. The van der Waals surface area contributed by atoms with Gasteiger partial charge in [-0.15, -0.1) is 11.3 Å². The molecular weight excluding hydrogens is 284 g/mol. The predicted molar refractivity (Wildman–Crippen MR) is 75.5 cm³/mol. The van der Waals surface area contributed by atoms with E-state index in [9.17, 15) is 8.42 Å². The van der Waals surface area contributed by atoms with Crippen LogP contribution in [0.5, 0.6) is 0 Å². The van der Waals surface area contributed by atoms with Crippen LogP contribution in [0.15, 0.2) is 27.3 Å². The Hall–Kier alpha value is -0.730. The molecule has 0 saturated carbocycles. The first-order valence-corrected chi connectivity index (χ1v) is 8.34. The SMILES string of the molecule is COCC1=CCN(S(=O)(=O)c2cc(CN)cs2)CC1. The average Bonchev–Trinajstić information content (AvgIpc) is 2.89. The summed E-state index contributed by atoms with van der Waals surface area (Å²) in [6, 6.07) is 1.66. The molecule has 0 spiro atoms. The highest BCUT2D eigenvalue weighted by molar-refractivity contribution is 7.91. The number of thiophene rings is 1. The van der Waals surface area contributed by atoms with Gasteiger partial charge in [-0.25, -0.2) is 8.42 Å². The molecule has 19 heavy (non-hydrogen) atoms. The van der Waals surface area contributed by atoms with E-state index in [0.717, 1.165) is 17.6 Å². The van der Waals surface area contributed by atoms with Crippen LogP contribution in [0.2, 0.25) is 0 Å². The molecule has 0 radical (unpaired) electrons. The number of rotatable bonds is 5. The van der Waals surface area contributed by atoms with Crippen molar-refractivity contribution in [1.29, 1.82) is 0 Å².